The maximum atomic E-state index is 12.2. The van der Waals surface area contributed by atoms with Crippen LogP contribution in [0.25, 0.3) is 0 Å². The van der Waals surface area contributed by atoms with Crippen molar-refractivity contribution in [3.05, 3.63) is 64.7 Å². The number of ether oxygens (including phenoxy) is 1. The van der Waals surface area contributed by atoms with E-state index in [1.54, 1.807) is 48.5 Å². The summed E-state index contributed by atoms with van der Waals surface area (Å²) in [4.78, 5) is 12.2. The van der Waals surface area contributed by atoms with Gasteiger partial charge in [0.25, 0.3) is 0 Å². The van der Waals surface area contributed by atoms with Crippen molar-refractivity contribution < 1.29 is 9.53 Å². The van der Waals surface area contributed by atoms with Crippen LogP contribution in [0.15, 0.2) is 48.5 Å². The van der Waals surface area contributed by atoms with Gasteiger partial charge in [-0.15, -0.1) is 0 Å². The molecule has 0 aliphatic carbocycles. The van der Waals surface area contributed by atoms with E-state index in [2.05, 4.69) is 0 Å². The molecule has 0 spiro atoms. The Morgan fingerprint density at radius 2 is 1.53 bits per heavy atom. The molecule has 0 fully saturated rings. The van der Waals surface area contributed by atoms with Crippen LogP contribution in [0.5, 0.6) is 5.75 Å². The van der Waals surface area contributed by atoms with Gasteiger partial charge in [0.15, 0.2) is 5.78 Å². The highest BCUT2D eigenvalue weighted by molar-refractivity contribution is 6.30. The van der Waals surface area contributed by atoms with Crippen molar-refractivity contribution in [2.45, 2.75) is 0 Å². The minimum absolute atomic E-state index is 0.0398. The maximum absolute atomic E-state index is 12.2. The predicted molar refractivity (Wildman–Crippen MR) is 75.9 cm³/mol. The van der Waals surface area contributed by atoms with Crippen molar-refractivity contribution in [1.29, 1.82) is 0 Å². The molecule has 3 nitrogen and oxygen atoms in total. The number of benzene rings is 2. The fourth-order valence-corrected chi connectivity index (χ4v) is 1.77. The zero-order valence-electron chi connectivity index (χ0n) is 10.3. The lowest BCUT2D eigenvalue weighted by Crippen LogP contribution is -2.10. The van der Waals surface area contributed by atoms with Gasteiger partial charge in [0.05, 0.1) is 0 Å². The largest absolute Gasteiger partial charge is 0.492 e. The van der Waals surface area contributed by atoms with Gasteiger partial charge in [-0.1, -0.05) is 11.6 Å². The van der Waals surface area contributed by atoms with Crippen LogP contribution in [0.2, 0.25) is 5.02 Å². The van der Waals surface area contributed by atoms with Crippen LogP contribution in [0.4, 0.5) is 0 Å². The van der Waals surface area contributed by atoms with E-state index in [9.17, 15) is 4.79 Å². The monoisotopic (exact) mass is 275 g/mol. The molecule has 0 saturated heterocycles. The quantitative estimate of drug-likeness (QED) is 0.854. The van der Waals surface area contributed by atoms with Gasteiger partial charge in [0, 0.05) is 22.7 Å². The van der Waals surface area contributed by atoms with E-state index in [1.807, 2.05) is 0 Å². The number of carbonyl (C=O) groups is 1. The number of ketones is 1. The van der Waals surface area contributed by atoms with Gasteiger partial charge >= 0.3 is 0 Å². The molecule has 0 aliphatic rings. The number of carbonyl (C=O) groups excluding carboxylic acids is 1. The Morgan fingerprint density at radius 3 is 2.05 bits per heavy atom. The minimum atomic E-state index is -0.0398. The van der Waals surface area contributed by atoms with Crippen molar-refractivity contribution in [1.82, 2.24) is 0 Å². The Balaban J connectivity index is 2.13. The number of nitrogens with two attached hydrogens (primary N) is 1. The van der Waals surface area contributed by atoms with E-state index in [0.717, 1.165) is 0 Å². The summed E-state index contributed by atoms with van der Waals surface area (Å²) in [7, 11) is 0. The summed E-state index contributed by atoms with van der Waals surface area (Å²) in [6.07, 6.45) is 0. The van der Waals surface area contributed by atoms with Crippen molar-refractivity contribution in [2.75, 3.05) is 13.2 Å². The minimum Gasteiger partial charge on any atom is -0.492 e. The lowest BCUT2D eigenvalue weighted by Gasteiger charge is -2.05. The van der Waals surface area contributed by atoms with Crippen molar-refractivity contribution in [2.24, 2.45) is 5.73 Å². The average Bonchev–Trinajstić information content (AvgIpc) is 2.46. The second-order valence-corrected chi connectivity index (χ2v) is 4.43. The van der Waals surface area contributed by atoms with Crippen LogP contribution < -0.4 is 10.5 Å². The Bertz CT molecular complexity index is 549. The molecule has 0 amide bonds. The third-order valence-electron chi connectivity index (χ3n) is 2.61. The van der Waals surface area contributed by atoms with Crippen LogP contribution >= 0.6 is 11.6 Å². The molecule has 19 heavy (non-hydrogen) atoms. The summed E-state index contributed by atoms with van der Waals surface area (Å²) in [5.41, 5.74) is 6.58. The first-order chi connectivity index (χ1) is 9.20. The van der Waals surface area contributed by atoms with Crippen molar-refractivity contribution >= 4 is 17.4 Å². The molecule has 2 N–H and O–H groups in total. The van der Waals surface area contributed by atoms with Gasteiger partial charge in [-0.2, -0.15) is 0 Å². The number of hydrogen-bond donors (Lipinski definition) is 1. The zero-order valence-corrected chi connectivity index (χ0v) is 11.1. The molecule has 2 aromatic rings. The van der Waals surface area contributed by atoms with Gasteiger partial charge in [0.2, 0.25) is 0 Å². The summed E-state index contributed by atoms with van der Waals surface area (Å²) in [6, 6.07) is 13.8. The van der Waals surface area contributed by atoms with Gasteiger partial charge in [-0.05, 0) is 48.5 Å². The average molecular weight is 276 g/mol. The molecule has 0 atom stereocenters. The highest BCUT2D eigenvalue weighted by atomic mass is 35.5. The summed E-state index contributed by atoms with van der Waals surface area (Å²) in [5.74, 6) is 0.667. The van der Waals surface area contributed by atoms with E-state index >= 15 is 0 Å². The SMILES string of the molecule is NCCOc1ccc(C(=O)c2ccc(Cl)cc2)cc1. The molecule has 98 valence electrons. The summed E-state index contributed by atoms with van der Waals surface area (Å²) >= 11 is 5.79. The van der Waals surface area contributed by atoms with Crippen LogP contribution in [0.3, 0.4) is 0 Å². The highest BCUT2D eigenvalue weighted by Gasteiger charge is 2.08. The van der Waals surface area contributed by atoms with Crippen molar-refractivity contribution in [3.8, 4) is 5.75 Å². The van der Waals surface area contributed by atoms with E-state index in [4.69, 9.17) is 22.1 Å². The molecular weight excluding hydrogens is 262 g/mol. The molecule has 0 unspecified atom stereocenters. The molecule has 0 saturated carbocycles. The number of hydrogen-bond acceptors (Lipinski definition) is 3. The Morgan fingerprint density at radius 1 is 1.00 bits per heavy atom. The van der Waals surface area contributed by atoms with Crippen LogP contribution in [0, 0.1) is 0 Å². The Labute approximate surface area is 117 Å². The molecule has 0 aromatic heterocycles. The topological polar surface area (TPSA) is 52.3 Å². The Hall–Kier alpha value is -1.84. The van der Waals surface area contributed by atoms with Crippen LogP contribution in [-0.4, -0.2) is 18.9 Å². The lowest BCUT2D eigenvalue weighted by atomic mass is 10.0. The summed E-state index contributed by atoms with van der Waals surface area (Å²) in [6.45, 7) is 0.927. The fraction of sp³-hybridized carbons (Fsp3) is 0.133. The molecule has 2 rings (SSSR count). The smallest absolute Gasteiger partial charge is 0.193 e. The first-order valence-corrected chi connectivity index (χ1v) is 6.31. The van der Waals surface area contributed by atoms with Crippen LogP contribution in [-0.2, 0) is 0 Å². The van der Waals surface area contributed by atoms with Gasteiger partial charge in [-0.25, -0.2) is 0 Å². The second kappa shape index (κ2) is 6.36. The second-order valence-electron chi connectivity index (χ2n) is 4.00. The van der Waals surface area contributed by atoms with E-state index in [-0.39, 0.29) is 5.78 Å². The maximum Gasteiger partial charge on any atom is 0.193 e. The highest BCUT2D eigenvalue weighted by Crippen LogP contribution is 2.17. The van der Waals surface area contributed by atoms with Gasteiger partial charge in [0.1, 0.15) is 12.4 Å². The summed E-state index contributed by atoms with van der Waals surface area (Å²) < 4.78 is 5.36. The molecular formula is C15H14ClNO2. The zero-order chi connectivity index (χ0) is 13.7. The summed E-state index contributed by atoms with van der Waals surface area (Å²) in [5, 5.41) is 0.613. The van der Waals surface area contributed by atoms with Gasteiger partial charge < -0.3 is 10.5 Å². The molecule has 0 heterocycles. The lowest BCUT2D eigenvalue weighted by molar-refractivity contribution is 0.103. The molecule has 2 aromatic carbocycles. The molecule has 4 heteroatoms. The van der Waals surface area contributed by atoms with E-state index in [0.29, 0.717) is 35.1 Å². The fourth-order valence-electron chi connectivity index (χ4n) is 1.65. The van der Waals surface area contributed by atoms with Crippen molar-refractivity contribution in [3.63, 3.8) is 0 Å². The number of rotatable bonds is 5. The standard InChI is InChI=1S/C15H14ClNO2/c16-13-5-1-11(2-6-13)15(18)12-3-7-14(8-4-12)19-10-9-17/h1-8H,9-10,17H2. The van der Waals surface area contributed by atoms with E-state index < -0.39 is 0 Å². The molecule has 0 aliphatic heterocycles. The molecule has 0 radical (unpaired) electrons. The predicted octanol–water partition coefficient (Wildman–Crippen LogP) is 2.91. The first kappa shape index (κ1) is 13.6. The van der Waals surface area contributed by atoms with Crippen LogP contribution in [0.1, 0.15) is 15.9 Å². The first-order valence-electron chi connectivity index (χ1n) is 5.94. The Kier molecular flexibility index (Phi) is 4.55. The molecule has 0 bridgehead atoms. The van der Waals surface area contributed by atoms with Gasteiger partial charge in [-0.3, -0.25) is 4.79 Å². The normalized spacial score (nSPS) is 10.2. The number of halogens is 1. The third kappa shape index (κ3) is 3.56. The third-order valence-corrected chi connectivity index (χ3v) is 2.86. The van der Waals surface area contributed by atoms with E-state index in [1.165, 1.54) is 0 Å².